The third-order valence-electron chi connectivity index (χ3n) is 5.23. The van der Waals surface area contributed by atoms with Crippen LogP contribution in [0.3, 0.4) is 0 Å². The predicted octanol–water partition coefficient (Wildman–Crippen LogP) is 3.16. The fourth-order valence-electron chi connectivity index (χ4n) is 3.43. The van der Waals surface area contributed by atoms with E-state index >= 15 is 0 Å². The summed E-state index contributed by atoms with van der Waals surface area (Å²) in [5, 5.41) is 4.22. The van der Waals surface area contributed by atoms with E-state index in [2.05, 4.69) is 36.0 Å². The first-order valence-corrected chi connectivity index (χ1v) is 11.8. The lowest BCUT2D eigenvalue weighted by Crippen LogP contribution is -2.33. The summed E-state index contributed by atoms with van der Waals surface area (Å²) in [5.74, 6) is 1.08. The second-order valence-corrected chi connectivity index (χ2v) is 10.2. The molecule has 1 unspecified atom stereocenters. The van der Waals surface area contributed by atoms with E-state index < -0.39 is 11.2 Å². The molecule has 0 radical (unpaired) electrons. The first-order chi connectivity index (χ1) is 16.6. The number of carbonyl (C=O) groups is 1. The van der Waals surface area contributed by atoms with E-state index in [9.17, 15) is 4.79 Å². The number of carbonyl (C=O) groups excluding carboxylic acids is 1. The highest BCUT2D eigenvalue weighted by atomic mass is 79.9. The molecule has 10 nitrogen and oxygen atoms in total. The Labute approximate surface area is 211 Å². The maximum absolute atomic E-state index is 12.2. The van der Waals surface area contributed by atoms with Gasteiger partial charge in [-0.2, -0.15) is 0 Å². The van der Waals surface area contributed by atoms with Crippen LogP contribution in [-0.4, -0.2) is 59.5 Å². The molecule has 2 saturated heterocycles. The van der Waals surface area contributed by atoms with Crippen molar-refractivity contribution in [1.82, 2.24) is 20.0 Å². The van der Waals surface area contributed by atoms with Gasteiger partial charge in [-0.25, -0.2) is 14.8 Å². The van der Waals surface area contributed by atoms with Gasteiger partial charge in [-0.3, -0.25) is 4.98 Å². The summed E-state index contributed by atoms with van der Waals surface area (Å²) < 4.78 is 22.4. The molecule has 4 heterocycles. The third kappa shape index (κ3) is 5.40. The Morgan fingerprint density at radius 2 is 2.00 bits per heavy atom. The summed E-state index contributed by atoms with van der Waals surface area (Å²) in [4.78, 5) is 27.3. The second-order valence-electron chi connectivity index (χ2n) is 9.37. The number of nitrogens with zero attached hydrogens (tertiary/aromatic N) is 5. The lowest BCUT2D eigenvalue weighted by atomic mass is 9.91. The molecule has 3 aromatic rings. The summed E-state index contributed by atoms with van der Waals surface area (Å²) in [6.45, 7) is 5.95. The van der Waals surface area contributed by atoms with Gasteiger partial charge >= 0.3 is 21.1 Å². The molecule has 5 rings (SSSR count). The smallest absolute Gasteiger partial charge is 0.434 e. The molecular weight excluding hydrogens is 516 g/mol. The number of hydrogen-bond acceptors (Lipinski definition) is 9. The average Bonchev–Trinajstić information content (AvgIpc) is 3.72. The Morgan fingerprint density at radius 3 is 2.63 bits per heavy atom. The fraction of sp³-hybridized carbons (Fsp3) is 0.318. The highest BCUT2D eigenvalue weighted by molar-refractivity contribution is 9.10. The molecule has 0 bridgehead atoms. The molecule has 35 heavy (non-hydrogen) atoms. The number of ether oxygens (including phenoxy) is 1. The molecule has 1 atom stereocenters. The van der Waals surface area contributed by atoms with Crippen molar-refractivity contribution >= 4 is 42.8 Å². The molecule has 0 N–H and O–H groups in total. The molecule has 2 aromatic heterocycles. The van der Waals surface area contributed by atoms with Crippen LogP contribution >= 0.6 is 15.9 Å². The zero-order valence-electron chi connectivity index (χ0n) is 19.7. The molecule has 2 fully saturated rings. The Hall–Kier alpha value is -3.18. The average molecular weight is 538 g/mol. The van der Waals surface area contributed by atoms with Crippen LogP contribution in [-0.2, 0) is 26.2 Å². The third-order valence-corrected chi connectivity index (χ3v) is 5.61. The van der Waals surface area contributed by atoms with Crippen molar-refractivity contribution in [3.05, 3.63) is 52.4 Å². The number of halogens is 1. The Morgan fingerprint density at radius 1 is 1.29 bits per heavy atom. The summed E-state index contributed by atoms with van der Waals surface area (Å²) in [6.07, 6.45) is 1.23. The molecule has 1 aromatic carbocycles. The van der Waals surface area contributed by atoms with Gasteiger partial charge in [-0.15, -0.1) is 0 Å². The van der Waals surface area contributed by atoms with Crippen molar-refractivity contribution in [2.45, 2.75) is 38.5 Å². The van der Waals surface area contributed by atoms with Gasteiger partial charge in [0.05, 0.1) is 6.20 Å². The van der Waals surface area contributed by atoms with Crippen LogP contribution in [0.25, 0.3) is 22.7 Å². The first kappa shape index (κ1) is 23.6. The highest BCUT2D eigenvalue weighted by Crippen LogP contribution is 2.42. The Balaban J connectivity index is 1.34. The van der Waals surface area contributed by atoms with E-state index in [0.29, 0.717) is 54.8 Å². The number of amides is 1. The van der Waals surface area contributed by atoms with Gasteiger partial charge in [0, 0.05) is 25.2 Å². The van der Waals surface area contributed by atoms with Crippen molar-refractivity contribution < 1.29 is 23.4 Å². The van der Waals surface area contributed by atoms with Crippen LogP contribution < -0.4 is 0 Å². The zero-order chi connectivity index (χ0) is 24.8. The molecule has 2 aliphatic rings. The minimum Gasteiger partial charge on any atom is -0.549 e. The van der Waals surface area contributed by atoms with Gasteiger partial charge in [-0.1, -0.05) is 29.4 Å². The number of hydrogen-bond donors (Lipinski definition) is 0. The minimum atomic E-state index is -0.899. The number of benzene rings is 1. The zero-order valence-corrected chi connectivity index (χ0v) is 21.3. The molecule has 2 aliphatic heterocycles. The molecule has 13 heteroatoms. The first-order valence-electron chi connectivity index (χ1n) is 11.0. The SMILES string of the molecule is CN(Cc1ccc(-c2cc(-c3nc(Br)cnc3C3(/N=C4\BO4)BO3)on2)cc1)C(=O)OC(C)(C)C. The number of rotatable bonds is 6. The maximum atomic E-state index is 12.2. The van der Waals surface area contributed by atoms with Gasteiger partial charge in [-0.05, 0) is 42.3 Å². The van der Waals surface area contributed by atoms with E-state index in [-0.39, 0.29) is 6.09 Å². The van der Waals surface area contributed by atoms with E-state index in [0.717, 1.165) is 11.1 Å². The summed E-state index contributed by atoms with van der Waals surface area (Å²) >= 11 is 3.38. The van der Waals surface area contributed by atoms with Gasteiger partial charge in [0.25, 0.3) is 0 Å². The lowest BCUT2D eigenvalue weighted by Gasteiger charge is -2.24. The van der Waals surface area contributed by atoms with Gasteiger partial charge in [0.1, 0.15) is 27.3 Å². The van der Waals surface area contributed by atoms with Crippen molar-refractivity contribution in [3.63, 3.8) is 0 Å². The van der Waals surface area contributed by atoms with E-state index in [1.54, 1.807) is 19.3 Å². The van der Waals surface area contributed by atoms with Crippen molar-refractivity contribution in [2.24, 2.45) is 4.99 Å². The molecule has 0 saturated carbocycles. The van der Waals surface area contributed by atoms with E-state index in [1.165, 1.54) is 4.90 Å². The quantitative estimate of drug-likeness (QED) is 0.347. The summed E-state index contributed by atoms with van der Waals surface area (Å²) in [6, 6.07) is 9.53. The lowest BCUT2D eigenvalue weighted by molar-refractivity contribution is 0.0285. The minimum absolute atomic E-state index is 0.371. The van der Waals surface area contributed by atoms with Crippen LogP contribution in [0, 0.1) is 0 Å². The van der Waals surface area contributed by atoms with Gasteiger partial charge in [0.15, 0.2) is 17.2 Å². The monoisotopic (exact) mass is 537 g/mol. The van der Waals surface area contributed by atoms with Crippen LogP contribution in [0.5, 0.6) is 0 Å². The number of aromatic nitrogens is 3. The molecular formula is C22H22B2BrN5O5. The van der Waals surface area contributed by atoms with E-state index in [1.807, 2.05) is 45.0 Å². The van der Waals surface area contributed by atoms with Crippen molar-refractivity contribution in [1.29, 1.82) is 0 Å². The summed E-state index contributed by atoms with van der Waals surface area (Å²) in [5.41, 5.74) is 2.06. The number of aliphatic imine (C=N–C) groups is 1. The molecule has 178 valence electrons. The normalized spacial score (nSPS) is 19.4. The van der Waals surface area contributed by atoms with Crippen LogP contribution in [0.15, 0.2) is 50.6 Å². The highest BCUT2D eigenvalue weighted by Gasteiger charge is 2.54. The predicted molar refractivity (Wildman–Crippen MR) is 134 cm³/mol. The van der Waals surface area contributed by atoms with Crippen molar-refractivity contribution in [3.8, 4) is 22.7 Å². The second kappa shape index (κ2) is 8.80. The van der Waals surface area contributed by atoms with Crippen LogP contribution in [0.4, 0.5) is 4.79 Å². The Bertz CT molecular complexity index is 1300. The standard InChI is InChI=1S/C22H22B2BrN5O5/c1-21(2,3)32-20(31)30(4)11-12-5-7-13(8-6-12)14-9-15(34-29-14)17-18(26-10-16(25)27-17)22(24-35-22)28-19-23-33-19/h5-10,23-24H,11H2,1-4H3/b28-19+. The van der Waals surface area contributed by atoms with Crippen LogP contribution in [0.1, 0.15) is 32.0 Å². The molecule has 0 spiro atoms. The largest absolute Gasteiger partial charge is 0.549 e. The maximum Gasteiger partial charge on any atom is 0.434 e. The van der Waals surface area contributed by atoms with Crippen molar-refractivity contribution in [2.75, 3.05) is 7.05 Å². The van der Waals surface area contributed by atoms with Gasteiger partial charge in [0.2, 0.25) is 0 Å². The molecule has 0 aliphatic carbocycles. The molecule has 1 amide bonds. The Kier molecular flexibility index (Phi) is 5.92. The fourth-order valence-corrected chi connectivity index (χ4v) is 3.71. The summed E-state index contributed by atoms with van der Waals surface area (Å²) in [7, 11) is 2.60. The van der Waals surface area contributed by atoms with E-state index in [4.69, 9.17) is 18.6 Å². The topological polar surface area (TPSA) is 119 Å². The van der Waals surface area contributed by atoms with Crippen LogP contribution in [0.2, 0.25) is 0 Å². The van der Waals surface area contributed by atoms with Gasteiger partial charge < -0.3 is 23.5 Å².